The summed E-state index contributed by atoms with van der Waals surface area (Å²) in [6.07, 6.45) is 1.73. The number of ether oxygens (including phenoxy) is 1. The average molecular weight is 375 g/mol. The van der Waals surface area contributed by atoms with Crippen molar-refractivity contribution in [3.63, 3.8) is 0 Å². The number of esters is 1. The summed E-state index contributed by atoms with van der Waals surface area (Å²) in [7, 11) is 0. The van der Waals surface area contributed by atoms with Gasteiger partial charge in [-0.05, 0) is 57.2 Å². The number of carbonyl (C=O) groups excluding carboxylic acids is 1. The van der Waals surface area contributed by atoms with E-state index in [9.17, 15) is 9.18 Å². The number of benzene rings is 1. The highest BCUT2D eigenvalue weighted by molar-refractivity contribution is 8.03. The fourth-order valence-electron chi connectivity index (χ4n) is 2.45. The predicted molar refractivity (Wildman–Crippen MR) is 102 cm³/mol. The Morgan fingerprint density at radius 3 is 2.84 bits per heavy atom. The number of thiophene rings is 1. The van der Waals surface area contributed by atoms with Gasteiger partial charge in [-0.25, -0.2) is 4.39 Å². The topological polar surface area (TPSA) is 39.2 Å². The van der Waals surface area contributed by atoms with Crippen molar-refractivity contribution in [1.82, 2.24) is 4.98 Å². The number of fused-ring (bicyclic) bond motifs is 1. The van der Waals surface area contributed by atoms with Crippen LogP contribution in [0.5, 0.6) is 0 Å². The molecule has 0 amide bonds. The molecule has 3 rings (SSSR count). The molecule has 0 N–H and O–H groups in total. The zero-order valence-electron chi connectivity index (χ0n) is 14.2. The molecule has 2 aromatic heterocycles. The molecule has 2 heterocycles. The third-order valence-electron chi connectivity index (χ3n) is 3.67. The molecule has 0 saturated heterocycles. The molecular formula is C19H18FNO2S2. The number of pyridine rings is 1. The molecule has 0 fully saturated rings. The molecule has 0 bridgehead atoms. The summed E-state index contributed by atoms with van der Waals surface area (Å²) in [5.41, 5.74) is 1.70. The zero-order valence-corrected chi connectivity index (χ0v) is 15.8. The lowest BCUT2D eigenvalue weighted by Crippen LogP contribution is -2.29. The van der Waals surface area contributed by atoms with Gasteiger partial charge in [-0.2, -0.15) is 0 Å². The van der Waals surface area contributed by atoms with Crippen LogP contribution >= 0.6 is 23.1 Å². The normalized spacial score (nSPS) is 11.7. The number of thioether (sulfide) groups is 1. The van der Waals surface area contributed by atoms with Crippen LogP contribution in [0.25, 0.3) is 21.3 Å². The number of carbonyl (C=O) groups is 1. The van der Waals surface area contributed by atoms with Crippen molar-refractivity contribution in [2.75, 3.05) is 6.61 Å². The minimum atomic E-state index is -0.662. The summed E-state index contributed by atoms with van der Waals surface area (Å²) in [5, 5.41) is 0.783. The van der Waals surface area contributed by atoms with Crippen LogP contribution in [0.1, 0.15) is 20.8 Å². The molecule has 3 aromatic rings. The first-order valence-electron chi connectivity index (χ1n) is 7.91. The van der Waals surface area contributed by atoms with Gasteiger partial charge < -0.3 is 4.74 Å². The molecular weight excluding hydrogens is 357 g/mol. The maximum Gasteiger partial charge on any atom is 0.322 e. The zero-order chi connectivity index (χ0) is 18.0. The molecule has 0 spiro atoms. The van der Waals surface area contributed by atoms with Crippen molar-refractivity contribution in [3.05, 3.63) is 48.4 Å². The summed E-state index contributed by atoms with van der Waals surface area (Å²) in [4.78, 5) is 17.4. The second-order valence-corrected chi connectivity index (χ2v) is 8.98. The van der Waals surface area contributed by atoms with E-state index in [0.717, 1.165) is 25.6 Å². The summed E-state index contributed by atoms with van der Waals surface area (Å²) < 4.78 is 19.1. The minimum absolute atomic E-state index is 0.230. The third-order valence-corrected chi connectivity index (χ3v) is 6.10. The van der Waals surface area contributed by atoms with Crippen LogP contribution < -0.4 is 0 Å². The lowest BCUT2D eigenvalue weighted by Gasteiger charge is -2.20. The van der Waals surface area contributed by atoms with Crippen molar-refractivity contribution >= 4 is 40.0 Å². The van der Waals surface area contributed by atoms with Crippen molar-refractivity contribution in [3.8, 4) is 10.4 Å². The van der Waals surface area contributed by atoms with Gasteiger partial charge in [0.1, 0.15) is 10.6 Å². The van der Waals surface area contributed by atoms with Crippen LogP contribution in [0.15, 0.2) is 46.8 Å². The highest BCUT2D eigenvalue weighted by Crippen LogP contribution is 2.41. The number of rotatable bonds is 5. The van der Waals surface area contributed by atoms with Gasteiger partial charge in [-0.1, -0.05) is 11.8 Å². The summed E-state index contributed by atoms with van der Waals surface area (Å²) in [6, 6.07) is 10.5. The molecule has 0 unspecified atom stereocenters. The van der Waals surface area contributed by atoms with Crippen molar-refractivity contribution in [2.24, 2.45) is 0 Å². The van der Waals surface area contributed by atoms with Gasteiger partial charge in [0.15, 0.2) is 0 Å². The van der Waals surface area contributed by atoms with E-state index < -0.39 is 4.75 Å². The molecule has 0 saturated carbocycles. The lowest BCUT2D eigenvalue weighted by molar-refractivity contribution is -0.145. The van der Waals surface area contributed by atoms with E-state index in [1.54, 1.807) is 30.5 Å². The Labute approximate surface area is 154 Å². The minimum Gasteiger partial charge on any atom is -0.465 e. The highest BCUT2D eigenvalue weighted by atomic mass is 32.2. The van der Waals surface area contributed by atoms with E-state index in [0.29, 0.717) is 6.61 Å². The van der Waals surface area contributed by atoms with E-state index in [4.69, 9.17) is 4.74 Å². The van der Waals surface area contributed by atoms with Gasteiger partial charge >= 0.3 is 5.97 Å². The van der Waals surface area contributed by atoms with Crippen molar-refractivity contribution in [2.45, 2.75) is 29.7 Å². The molecule has 0 aliphatic carbocycles. The average Bonchev–Trinajstić information content (AvgIpc) is 3.02. The largest absolute Gasteiger partial charge is 0.465 e. The smallest absolute Gasteiger partial charge is 0.322 e. The molecule has 3 nitrogen and oxygen atoms in total. The Morgan fingerprint density at radius 1 is 1.28 bits per heavy atom. The maximum absolute atomic E-state index is 13.6. The Bertz CT molecular complexity index is 921. The van der Waals surface area contributed by atoms with Crippen LogP contribution in [0.3, 0.4) is 0 Å². The van der Waals surface area contributed by atoms with Gasteiger partial charge in [0.25, 0.3) is 0 Å². The molecule has 0 aliphatic rings. The van der Waals surface area contributed by atoms with Crippen LogP contribution in [0.4, 0.5) is 4.39 Å². The number of nitrogens with zero attached hydrogens (tertiary/aromatic N) is 1. The Hall–Kier alpha value is -1.92. The van der Waals surface area contributed by atoms with E-state index in [1.165, 1.54) is 23.9 Å². The van der Waals surface area contributed by atoms with Crippen LogP contribution in [-0.2, 0) is 9.53 Å². The number of hydrogen-bond donors (Lipinski definition) is 0. The first-order chi connectivity index (χ1) is 11.9. The Balaban J connectivity index is 1.92. The molecule has 25 heavy (non-hydrogen) atoms. The predicted octanol–water partition coefficient (Wildman–Crippen LogP) is 5.54. The standard InChI is InChI=1S/C19H18FNO2S2/c1-4-23-18(22)19(2,3)25-17-8-7-16(24-17)13-9-10-21-15-6-5-12(20)11-14(13)15/h5-11H,4H2,1-3H3. The molecule has 1 aromatic carbocycles. The molecule has 0 aliphatic heterocycles. The fourth-order valence-corrected chi connectivity index (χ4v) is 5.07. The van der Waals surface area contributed by atoms with Crippen LogP contribution in [0.2, 0.25) is 0 Å². The van der Waals surface area contributed by atoms with Gasteiger partial charge in [0.2, 0.25) is 0 Å². The molecule has 0 radical (unpaired) electrons. The van der Waals surface area contributed by atoms with E-state index in [2.05, 4.69) is 4.98 Å². The van der Waals surface area contributed by atoms with Crippen LogP contribution in [0, 0.1) is 5.82 Å². The number of halogens is 1. The monoisotopic (exact) mass is 375 g/mol. The van der Waals surface area contributed by atoms with Gasteiger partial charge in [0, 0.05) is 22.0 Å². The summed E-state index contributed by atoms with van der Waals surface area (Å²) >= 11 is 3.05. The first-order valence-corrected chi connectivity index (χ1v) is 9.55. The van der Waals surface area contributed by atoms with E-state index in [-0.39, 0.29) is 11.8 Å². The van der Waals surface area contributed by atoms with Crippen molar-refractivity contribution < 1.29 is 13.9 Å². The summed E-state index contributed by atoms with van der Waals surface area (Å²) in [5.74, 6) is -0.511. The molecule has 0 atom stereocenters. The lowest BCUT2D eigenvalue weighted by atomic mass is 10.1. The van der Waals surface area contributed by atoms with Gasteiger partial charge in [-0.15, -0.1) is 11.3 Å². The van der Waals surface area contributed by atoms with Gasteiger partial charge in [0.05, 0.1) is 16.3 Å². The molecule has 130 valence electrons. The van der Waals surface area contributed by atoms with Crippen LogP contribution in [-0.4, -0.2) is 22.3 Å². The molecule has 6 heteroatoms. The second kappa shape index (κ2) is 7.14. The number of hydrogen-bond acceptors (Lipinski definition) is 5. The number of aromatic nitrogens is 1. The first kappa shape index (κ1) is 17.9. The Morgan fingerprint density at radius 2 is 2.08 bits per heavy atom. The SMILES string of the molecule is CCOC(=O)C(C)(C)Sc1ccc(-c2ccnc3ccc(F)cc23)s1. The second-order valence-electron chi connectivity index (χ2n) is 5.97. The Kier molecular flexibility index (Phi) is 5.11. The highest BCUT2D eigenvalue weighted by Gasteiger charge is 2.31. The van der Waals surface area contributed by atoms with Crippen molar-refractivity contribution in [1.29, 1.82) is 0 Å². The van der Waals surface area contributed by atoms with E-state index in [1.807, 2.05) is 32.0 Å². The quantitative estimate of drug-likeness (QED) is 0.434. The fraction of sp³-hybridized carbons (Fsp3) is 0.263. The third kappa shape index (κ3) is 3.85. The van der Waals surface area contributed by atoms with E-state index >= 15 is 0 Å². The van der Waals surface area contributed by atoms with Gasteiger partial charge in [-0.3, -0.25) is 9.78 Å². The summed E-state index contributed by atoms with van der Waals surface area (Å²) in [6.45, 7) is 5.88. The maximum atomic E-state index is 13.6.